The fourth-order valence-electron chi connectivity index (χ4n) is 2.60. The summed E-state index contributed by atoms with van der Waals surface area (Å²) >= 11 is 5.98. The number of hydrogen-bond donors (Lipinski definition) is 1. The van der Waals surface area contributed by atoms with Crippen molar-refractivity contribution in [3.05, 3.63) is 64.7 Å². The van der Waals surface area contributed by atoms with E-state index in [1.165, 1.54) is 14.1 Å². The van der Waals surface area contributed by atoms with Crippen LogP contribution in [0.4, 0.5) is 0 Å². The summed E-state index contributed by atoms with van der Waals surface area (Å²) in [6.07, 6.45) is 0. The van der Waals surface area contributed by atoms with Crippen molar-refractivity contribution in [2.75, 3.05) is 27.7 Å². The van der Waals surface area contributed by atoms with Crippen LogP contribution in [0.5, 0.6) is 0 Å². The van der Waals surface area contributed by atoms with Crippen LogP contribution < -0.4 is 5.32 Å². The molecular formula is C19H24ClN3O3S. The van der Waals surface area contributed by atoms with E-state index in [9.17, 15) is 13.2 Å². The fraction of sp³-hybridized carbons (Fsp3) is 0.316. The maximum absolute atomic E-state index is 12.4. The molecule has 8 heteroatoms. The number of nitrogens with zero attached hydrogens (tertiary/aromatic N) is 2. The molecule has 146 valence electrons. The number of carbonyl (C=O) groups is 1. The summed E-state index contributed by atoms with van der Waals surface area (Å²) in [5.74, 6) is -0.184. The lowest BCUT2D eigenvalue weighted by molar-refractivity contribution is -0.122. The van der Waals surface area contributed by atoms with Gasteiger partial charge in [0.05, 0.1) is 11.4 Å². The molecule has 0 fully saturated rings. The van der Waals surface area contributed by atoms with Gasteiger partial charge in [-0.3, -0.25) is 9.69 Å². The standard InChI is InChI=1S/C19H24ClN3O3S/c1-22(2)27(25,26)18-10-5-4-8-16(18)12-21-19(24)14-23(3)13-15-7-6-9-17(20)11-15/h4-11H,12-14H2,1-3H3,(H,21,24). The zero-order valence-electron chi connectivity index (χ0n) is 15.6. The summed E-state index contributed by atoms with van der Waals surface area (Å²) < 4.78 is 26.0. The Bertz CT molecular complexity index is 901. The van der Waals surface area contributed by atoms with Crippen LogP contribution in [0.1, 0.15) is 11.1 Å². The predicted molar refractivity (Wildman–Crippen MR) is 107 cm³/mol. The van der Waals surface area contributed by atoms with Crippen molar-refractivity contribution in [3.63, 3.8) is 0 Å². The smallest absolute Gasteiger partial charge is 0.242 e. The molecule has 0 radical (unpaired) electrons. The maximum atomic E-state index is 12.4. The van der Waals surface area contributed by atoms with E-state index < -0.39 is 10.0 Å². The highest BCUT2D eigenvalue weighted by molar-refractivity contribution is 7.89. The molecule has 0 spiro atoms. The van der Waals surface area contributed by atoms with Gasteiger partial charge >= 0.3 is 0 Å². The molecular weight excluding hydrogens is 386 g/mol. The lowest BCUT2D eigenvalue weighted by atomic mass is 10.2. The summed E-state index contributed by atoms with van der Waals surface area (Å²) in [5, 5.41) is 3.45. The summed E-state index contributed by atoms with van der Waals surface area (Å²) in [7, 11) is 1.24. The number of carbonyl (C=O) groups excluding carboxylic acids is 1. The van der Waals surface area contributed by atoms with Crippen molar-refractivity contribution < 1.29 is 13.2 Å². The normalized spacial score (nSPS) is 11.8. The Balaban J connectivity index is 1.96. The third kappa shape index (κ3) is 6.04. The van der Waals surface area contributed by atoms with Crippen molar-refractivity contribution in [1.29, 1.82) is 0 Å². The minimum absolute atomic E-state index is 0.146. The molecule has 0 saturated carbocycles. The molecule has 1 amide bonds. The van der Waals surface area contributed by atoms with Gasteiger partial charge in [0.15, 0.2) is 0 Å². The zero-order chi connectivity index (χ0) is 20.0. The quantitative estimate of drug-likeness (QED) is 0.726. The molecule has 0 aliphatic heterocycles. The van der Waals surface area contributed by atoms with Crippen LogP contribution >= 0.6 is 11.6 Å². The van der Waals surface area contributed by atoms with Crippen LogP contribution in [0.3, 0.4) is 0 Å². The number of likely N-dealkylation sites (N-methyl/N-ethyl adjacent to an activating group) is 1. The van der Waals surface area contributed by atoms with Crippen LogP contribution in [0.15, 0.2) is 53.4 Å². The van der Waals surface area contributed by atoms with E-state index in [1.807, 2.05) is 30.1 Å². The minimum Gasteiger partial charge on any atom is -0.351 e. The molecule has 2 aromatic rings. The maximum Gasteiger partial charge on any atom is 0.242 e. The first-order chi connectivity index (χ1) is 12.7. The number of nitrogens with one attached hydrogen (secondary N) is 1. The number of sulfonamides is 1. The lowest BCUT2D eigenvalue weighted by Gasteiger charge is -2.18. The van der Waals surface area contributed by atoms with E-state index in [2.05, 4.69) is 5.32 Å². The second kappa shape index (κ2) is 9.32. The number of amides is 1. The van der Waals surface area contributed by atoms with Gasteiger partial charge in [0.25, 0.3) is 0 Å². The van der Waals surface area contributed by atoms with Gasteiger partial charge in [0.2, 0.25) is 15.9 Å². The number of rotatable bonds is 8. The summed E-state index contributed by atoms with van der Waals surface area (Å²) in [6, 6.07) is 14.1. The van der Waals surface area contributed by atoms with E-state index in [4.69, 9.17) is 11.6 Å². The van der Waals surface area contributed by atoms with Crippen molar-refractivity contribution in [2.45, 2.75) is 18.0 Å². The van der Waals surface area contributed by atoms with Crippen LogP contribution in [0, 0.1) is 0 Å². The molecule has 2 rings (SSSR count). The van der Waals surface area contributed by atoms with Gasteiger partial charge in [-0.05, 0) is 36.4 Å². The second-order valence-electron chi connectivity index (χ2n) is 6.47. The molecule has 0 aromatic heterocycles. The zero-order valence-corrected chi connectivity index (χ0v) is 17.2. The van der Waals surface area contributed by atoms with Crippen molar-refractivity contribution in [3.8, 4) is 0 Å². The number of halogens is 1. The van der Waals surface area contributed by atoms with Crippen molar-refractivity contribution in [2.24, 2.45) is 0 Å². The van der Waals surface area contributed by atoms with Gasteiger partial charge in [-0.15, -0.1) is 0 Å². The molecule has 0 heterocycles. The van der Waals surface area contributed by atoms with Gasteiger partial charge in [-0.1, -0.05) is 41.9 Å². The Hall–Kier alpha value is -1.93. The van der Waals surface area contributed by atoms with Gasteiger partial charge in [-0.2, -0.15) is 0 Å². The van der Waals surface area contributed by atoms with E-state index in [0.717, 1.165) is 9.87 Å². The topological polar surface area (TPSA) is 69.7 Å². The van der Waals surface area contributed by atoms with E-state index in [0.29, 0.717) is 17.1 Å². The average Bonchev–Trinajstić information content (AvgIpc) is 2.60. The Morgan fingerprint density at radius 2 is 1.78 bits per heavy atom. The van der Waals surface area contributed by atoms with Gasteiger partial charge in [0, 0.05) is 32.2 Å². The van der Waals surface area contributed by atoms with Crippen LogP contribution in [-0.2, 0) is 27.9 Å². The van der Waals surface area contributed by atoms with Crippen LogP contribution in [0.25, 0.3) is 0 Å². The Labute approximate surface area is 165 Å². The molecule has 1 N–H and O–H groups in total. The first kappa shape index (κ1) is 21.4. The lowest BCUT2D eigenvalue weighted by Crippen LogP contribution is -2.35. The molecule has 6 nitrogen and oxygen atoms in total. The molecule has 0 unspecified atom stereocenters. The molecule has 0 bridgehead atoms. The Morgan fingerprint density at radius 3 is 2.44 bits per heavy atom. The van der Waals surface area contributed by atoms with Crippen molar-refractivity contribution in [1.82, 2.24) is 14.5 Å². The van der Waals surface area contributed by atoms with E-state index in [1.54, 1.807) is 30.3 Å². The van der Waals surface area contributed by atoms with E-state index in [-0.39, 0.29) is 23.9 Å². The highest BCUT2D eigenvalue weighted by Gasteiger charge is 2.20. The Kier molecular flexibility index (Phi) is 7.38. The molecule has 0 atom stereocenters. The Morgan fingerprint density at radius 1 is 1.07 bits per heavy atom. The molecule has 0 saturated heterocycles. The third-order valence-electron chi connectivity index (χ3n) is 3.96. The monoisotopic (exact) mass is 409 g/mol. The summed E-state index contributed by atoms with van der Waals surface area (Å²) in [5.41, 5.74) is 1.57. The highest BCUT2D eigenvalue weighted by atomic mass is 35.5. The first-order valence-corrected chi connectivity index (χ1v) is 10.2. The van der Waals surface area contributed by atoms with Gasteiger partial charge in [0.1, 0.15) is 0 Å². The van der Waals surface area contributed by atoms with Crippen molar-refractivity contribution >= 4 is 27.5 Å². The fourth-order valence-corrected chi connectivity index (χ4v) is 3.92. The molecule has 0 aliphatic rings. The number of hydrogen-bond acceptors (Lipinski definition) is 4. The van der Waals surface area contributed by atoms with E-state index >= 15 is 0 Å². The van der Waals surface area contributed by atoms with Gasteiger partial charge < -0.3 is 5.32 Å². The largest absolute Gasteiger partial charge is 0.351 e. The number of benzene rings is 2. The highest BCUT2D eigenvalue weighted by Crippen LogP contribution is 2.18. The summed E-state index contributed by atoms with van der Waals surface area (Å²) in [6.45, 7) is 0.918. The minimum atomic E-state index is -3.56. The molecule has 27 heavy (non-hydrogen) atoms. The first-order valence-electron chi connectivity index (χ1n) is 8.40. The average molecular weight is 410 g/mol. The van der Waals surface area contributed by atoms with Crippen LogP contribution in [0.2, 0.25) is 5.02 Å². The summed E-state index contributed by atoms with van der Waals surface area (Å²) in [4.78, 5) is 14.3. The predicted octanol–water partition coefficient (Wildman–Crippen LogP) is 2.34. The van der Waals surface area contributed by atoms with Crippen LogP contribution in [-0.4, -0.2) is 51.2 Å². The second-order valence-corrected chi connectivity index (χ2v) is 9.03. The van der Waals surface area contributed by atoms with Gasteiger partial charge in [-0.25, -0.2) is 12.7 Å². The molecule has 2 aromatic carbocycles. The third-order valence-corrected chi connectivity index (χ3v) is 6.11. The molecule has 0 aliphatic carbocycles. The SMILES string of the molecule is CN(CC(=O)NCc1ccccc1S(=O)(=O)N(C)C)Cc1cccc(Cl)c1.